The van der Waals surface area contributed by atoms with E-state index in [2.05, 4.69) is 30.6 Å². The summed E-state index contributed by atoms with van der Waals surface area (Å²) in [6.07, 6.45) is 1.19. The van der Waals surface area contributed by atoms with Crippen molar-refractivity contribution in [2.24, 2.45) is 0 Å². The van der Waals surface area contributed by atoms with Gasteiger partial charge >= 0.3 is 0 Å². The molecule has 2 rings (SSSR count). The van der Waals surface area contributed by atoms with Gasteiger partial charge in [0.25, 0.3) is 0 Å². The Kier molecular flexibility index (Phi) is 5.26. The summed E-state index contributed by atoms with van der Waals surface area (Å²) in [5.41, 5.74) is 2.29. The lowest BCUT2D eigenvalue weighted by atomic mass is 10.1. The van der Waals surface area contributed by atoms with E-state index in [4.69, 9.17) is 4.74 Å². The highest BCUT2D eigenvalue weighted by atomic mass is 32.2. The monoisotopic (exact) mass is 339 g/mol. The molecule has 1 atom stereocenters. The predicted octanol–water partition coefficient (Wildman–Crippen LogP) is 3.32. The Morgan fingerprint density at radius 3 is 2.59 bits per heavy atom. The third-order valence-electron chi connectivity index (χ3n) is 3.62. The van der Waals surface area contributed by atoms with Crippen molar-refractivity contribution < 1.29 is 13.2 Å². The summed E-state index contributed by atoms with van der Waals surface area (Å²) in [6.45, 7) is 4.95. The molecule has 0 saturated heterocycles. The number of sulfone groups is 1. The molecule has 120 valence electrons. The summed E-state index contributed by atoms with van der Waals surface area (Å²) in [5.74, 6) is 0.390. The Morgan fingerprint density at radius 2 is 2.05 bits per heavy atom. The van der Waals surface area contributed by atoms with Crippen LogP contribution in [0.15, 0.2) is 34.5 Å². The molecule has 4 nitrogen and oxygen atoms in total. The molecular weight excluding hydrogens is 318 g/mol. The minimum Gasteiger partial charge on any atom is -0.495 e. The standard InChI is InChI=1S/C16H21NO3S2/c1-11-7-8-21-15(11)10-17-12(2)13-5-6-16(22(4,18)19)14(9-13)20-3/h5-9,12,17H,10H2,1-4H3. The maximum absolute atomic E-state index is 11.7. The smallest absolute Gasteiger partial charge is 0.179 e. The Hall–Kier alpha value is -1.37. The average Bonchev–Trinajstić information content (AvgIpc) is 2.88. The summed E-state index contributed by atoms with van der Waals surface area (Å²) in [5, 5.41) is 5.54. The lowest BCUT2D eigenvalue weighted by molar-refractivity contribution is 0.401. The third kappa shape index (κ3) is 3.88. The van der Waals surface area contributed by atoms with Crippen molar-refractivity contribution in [2.75, 3.05) is 13.4 Å². The Bertz CT molecular complexity index is 751. The number of thiophene rings is 1. The molecule has 0 saturated carbocycles. The fraction of sp³-hybridized carbons (Fsp3) is 0.375. The maximum atomic E-state index is 11.7. The van der Waals surface area contributed by atoms with E-state index < -0.39 is 9.84 Å². The van der Waals surface area contributed by atoms with Gasteiger partial charge in [0.2, 0.25) is 0 Å². The Labute approximate surface area is 136 Å². The van der Waals surface area contributed by atoms with Crippen LogP contribution in [0, 0.1) is 6.92 Å². The molecule has 0 fully saturated rings. The molecule has 0 bridgehead atoms. The highest BCUT2D eigenvalue weighted by Crippen LogP contribution is 2.28. The second kappa shape index (κ2) is 6.81. The van der Waals surface area contributed by atoms with Gasteiger partial charge in [0.05, 0.1) is 7.11 Å². The maximum Gasteiger partial charge on any atom is 0.179 e. The molecular formula is C16H21NO3S2. The van der Waals surface area contributed by atoms with Gasteiger partial charge in [-0.2, -0.15) is 0 Å². The number of ether oxygens (including phenoxy) is 1. The van der Waals surface area contributed by atoms with E-state index in [1.165, 1.54) is 23.8 Å². The first-order chi connectivity index (χ1) is 10.3. The number of aryl methyl sites for hydroxylation is 1. The largest absolute Gasteiger partial charge is 0.495 e. The van der Waals surface area contributed by atoms with Gasteiger partial charge < -0.3 is 10.1 Å². The molecule has 2 aromatic rings. The lowest BCUT2D eigenvalue weighted by Gasteiger charge is -2.16. The average molecular weight is 339 g/mol. The summed E-state index contributed by atoms with van der Waals surface area (Å²) in [6, 6.07) is 7.44. The third-order valence-corrected chi connectivity index (χ3v) is 5.78. The van der Waals surface area contributed by atoms with E-state index in [1.54, 1.807) is 23.5 Å². The van der Waals surface area contributed by atoms with Crippen LogP contribution in [0.2, 0.25) is 0 Å². The first kappa shape index (κ1) is 17.0. The zero-order valence-corrected chi connectivity index (χ0v) is 14.8. The molecule has 0 spiro atoms. The molecule has 0 aliphatic carbocycles. The number of methoxy groups -OCH3 is 1. The number of benzene rings is 1. The zero-order valence-electron chi connectivity index (χ0n) is 13.2. The summed E-state index contributed by atoms with van der Waals surface area (Å²) in [7, 11) is -1.80. The second-order valence-corrected chi connectivity index (χ2v) is 8.30. The van der Waals surface area contributed by atoms with Gasteiger partial charge in [0, 0.05) is 23.7 Å². The van der Waals surface area contributed by atoms with Crippen molar-refractivity contribution in [3.8, 4) is 5.75 Å². The van der Waals surface area contributed by atoms with E-state index in [-0.39, 0.29) is 10.9 Å². The van der Waals surface area contributed by atoms with E-state index >= 15 is 0 Å². The van der Waals surface area contributed by atoms with Crippen LogP contribution in [-0.4, -0.2) is 21.8 Å². The van der Waals surface area contributed by atoms with Crippen LogP contribution in [0.4, 0.5) is 0 Å². The van der Waals surface area contributed by atoms with Crippen LogP contribution >= 0.6 is 11.3 Å². The van der Waals surface area contributed by atoms with Crippen LogP contribution in [0.1, 0.15) is 29.0 Å². The highest BCUT2D eigenvalue weighted by Gasteiger charge is 2.16. The quantitative estimate of drug-likeness (QED) is 0.877. The zero-order chi connectivity index (χ0) is 16.3. The van der Waals surface area contributed by atoms with E-state index in [0.717, 1.165) is 12.1 Å². The van der Waals surface area contributed by atoms with Crippen molar-refractivity contribution in [2.45, 2.75) is 31.3 Å². The van der Waals surface area contributed by atoms with E-state index in [0.29, 0.717) is 5.75 Å². The topological polar surface area (TPSA) is 55.4 Å². The van der Waals surface area contributed by atoms with Gasteiger partial charge in [0.15, 0.2) is 9.84 Å². The predicted molar refractivity (Wildman–Crippen MR) is 90.4 cm³/mol. The van der Waals surface area contributed by atoms with Gasteiger partial charge in [-0.1, -0.05) is 6.07 Å². The molecule has 0 amide bonds. The molecule has 0 radical (unpaired) electrons. The molecule has 1 heterocycles. The van der Waals surface area contributed by atoms with Gasteiger partial charge in [0.1, 0.15) is 10.6 Å². The van der Waals surface area contributed by atoms with Crippen LogP contribution in [0.5, 0.6) is 5.75 Å². The SMILES string of the molecule is COc1cc(C(C)NCc2sccc2C)ccc1S(C)(=O)=O. The van der Waals surface area contributed by atoms with Gasteiger partial charge in [-0.3, -0.25) is 0 Å². The highest BCUT2D eigenvalue weighted by molar-refractivity contribution is 7.90. The van der Waals surface area contributed by atoms with Gasteiger partial charge in [-0.05, 0) is 48.6 Å². The first-order valence-corrected chi connectivity index (χ1v) is 9.74. The molecule has 1 N–H and O–H groups in total. The normalized spacial score (nSPS) is 13.1. The van der Waals surface area contributed by atoms with Crippen molar-refractivity contribution in [1.29, 1.82) is 0 Å². The molecule has 0 aliphatic rings. The Morgan fingerprint density at radius 1 is 1.32 bits per heavy atom. The van der Waals surface area contributed by atoms with Gasteiger partial charge in [-0.25, -0.2) is 8.42 Å². The number of nitrogens with one attached hydrogen (secondary N) is 1. The van der Waals surface area contributed by atoms with Crippen LogP contribution in [0.3, 0.4) is 0 Å². The van der Waals surface area contributed by atoms with E-state index in [9.17, 15) is 8.42 Å². The van der Waals surface area contributed by atoms with Crippen LogP contribution in [-0.2, 0) is 16.4 Å². The molecule has 6 heteroatoms. The number of hydrogen-bond acceptors (Lipinski definition) is 5. The van der Waals surface area contributed by atoms with Crippen molar-refractivity contribution >= 4 is 21.2 Å². The van der Waals surface area contributed by atoms with Crippen LogP contribution in [0.25, 0.3) is 0 Å². The summed E-state index contributed by atoms with van der Waals surface area (Å²) >= 11 is 1.73. The van der Waals surface area contributed by atoms with Crippen molar-refractivity contribution in [1.82, 2.24) is 5.32 Å². The number of rotatable bonds is 6. The molecule has 0 aliphatic heterocycles. The number of hydrogen-bond donors (Lipinski definition) is 1. The Balaban J connectivity index is 2.16. The fourth-order valence-corrected chi connectivity index (χ4v) is 3.89. The van der Waals surface area contributed by atoms with Crippen molar-refractivity contribution in [3.05, 3.63) is 45.6 Å². The molecule has 1 unspecified atom stereocenters. The first-order valence-electron chi connectivity index (χ1n) is 6.97. The van der Waals surface area contributed by atoms with E-state index in [1.807, 2.05) is 6.07 Å². The fourth-order valence-electron chi connectivity index (χ4n) is 2.21. The second-order valence-electron chi connectivity index (χ2n) is 5.31. The lowest BCUT2D eigenvalue weighted by Crippen LogP contribution is -2.18. The van der Waals surface area contributed by atoms with Crippen LogP contribution < -0.4 is 10.1 Å². The summed E-state index contributed by atoms with van der Waals surface area (Å²) in [4.78, 5) is 1.53. The van der Waals surface area contributed by atoms with Gasteiger partial charge in [-0.15, -0.1) is 11.3 Å². The minimum absolute atomic E-state index is 0.101. The minimum atomic E-state index is -3.29. The molecule has 22 heavy (non-hydrogen) atoms. The van der Waals surface area contributed by atoms with Crippen molar-refractivity contribution in [3.63, 3.8) is 0 Å². The summed E-state index contributed by atoms with van der Waals surface area (Å²) < 4.78 is 28.7. The molecule has 1 aromatic heterocycles. The molecule has 1 aromatic carbocycles.